The summed E-state index contributed by atoms with van der Waals surface area (Å²) in [4.78, 5) is 10.8. The normalized spacial score (nSPS) is 22.4. The third-order valence-corrected chi connectivity index (χ3v) is 3.16. The van der Waals surface area contributed by atoms with Crippen LogP contribution in [-0.4, -0.2) is 20.9 Å². The van der Waals surface area contributed by atoms with Crippen LogP contribution in [0.5, 0.6) is 0 Å². The monoisotopic (exact) mass is 228 g/mol. The third-order valence-electron chi connectivity index (χ3n) is 3.16. The molecule has 0 radical (unpaired) electrons. The highest BCUT2D eigenvalue weighted by Gasteiger charge is 2.44. The second-order valence-electron chi connectivity index (χ2n) is 4.34. The van der Waals surface area contributed by atoms with Crippen molar-refractivity contribution in [2.45, 2.75) is 12.3 Å². The largest absolute Gasteiger partial charge is 0.481 e. The van der Waals surface area contributed by atoms with Crippen molar-refractivity contribution < 1.29 is 9.90 Å². The van der Waals surface area contributed by atoms with Crippen LogP contribution >= 0.6 is 0 Å². The van der Waals surface area contributed by atoms with Crippen LogP contribution in [-0.2, 0) is 4.79 Å². The number of nitrogens with zero attached hydrogens (tertiary/aromatic N) is 2. The topological polar surface area (TPSA) is 55.1 Å². The van der Waals surface area contributed by atoms with E-state index >= 15 is 0 Å². The van der Waals surface area contributed by atoms with Gasteiger partial charge in [0.15, 0.2) is 0 Å². The number of hydrogen-bond donors (Lipinski definition) is 1. The summed E-state index contributed by atoms with van der Waals surface area (Å²) in [6.45, 7) is 0. The highest BCUT2D eigenvalue weighted by atomic mass is 16.4. The van der Waals surface area contributed by atoms with E-state index in [1.165, 1.54) is 0 Å². The van der Waals surface area contributed by atoms with Gasteiger partial charge in [0.1, 0.15) is 0 Å². The molecule has 17 heavy (non-hydrogen) atoms. The molecule has 0 amide bonds. The minimum absolute atomic E-state index is 0.143. The van der Waals surface area contributed by atoms with Crippen LogP contribution in [0.25, 0.3) is 5.69 Å². The second-order valence-corrected chi connectivity index (χ2v) is 4.34. The molecule has 1 saturated carbocycles. The zero-order valence-corrected chi connectivity index (χ0v) is 9.15. The lowest BCUT2D eigenvalue weighted by Gasteiger charge is -1.98. The first-order chi connectivity index (χ1) is 8.25. The van der Waals surface area contributed by atoms with E-state index in [1.54, 1.807) is 10.9 Å². The number of benzene rings is 1. The first kappa shape index (κ1) is 10.1. The molecule has 2 aromatic rings. The molecule has 1 aromatic heterocycles. The molecule has 4 nitrogen and oxygen atoms in total. The predicted octanol–water partition coefficient (Wildman–Crippen LogP) is 2.06. The highest BCUT2D eigenvalue weighted by Crippen LogP contribution is 2.47. The van der Waals surface area contributed by atoms with Crippen LogP contribution < -0.4 is 0 Å². The number of carbonyl (C=O) groups is 1. The molecule has 0 saturated heterocycles. The van der Waals surface area contributed by atoms with Crippen LogP contribution in [0, 0.1) is 5.92 Å². The van der Waals surface area contributed by atoms with Gasteiger partial charge in [-0.1, -0.05) is 18.2 Å². The van der Waals surface area contributed by atoms with E-state index in [0.717, 1.165) is 17.7 Å². The van der Waals surface area contributed by atoms with Crippen LogP contribution in [0.15, 0.2) is 42.7 Å². The highest BCUT2D eigenvalue weighted by molar-refractivity contribution is 5.75. The van der Waals surface area contributed by atoms with Crippen molar-refractivity contribution >= 4 is 5.97 Å². The Balaban J connectivity index is 1.83. The van der Waals surface area contributed by atoms with Crippen molar-refractivity contribution in [3.8, 4) is 5.69 Å². The van der Waals surface area contributed by atoms with Gasteiger partial charge in [-0.15, -0.1) is 0 Å². The Hall–Kier alpha value is -2.10. The molecular weight excluding hydrogens is 216 g/mol. The fourth-order valence-electron chi connectivity index (χ4n) is 2.09. The third kappa shape index (κ3) is 1.82. The molecule has 4 heteroatoms. The van der Waals surface area contributed by atoms with Gasteiger partial charge in [0, 0.05) is 12.1 Å². The van der Waals surface area contributed by atoms with Crippen molar-refractivity contribution in [3.05, 3.63) is 48.3 Å². The van der Waals surface area contributed by atoms with Crippen LogP contribution in [0.2, 0.25) is 0 Å². The minimum Gasteiger partial charge on any atom is -0.481 e. The Morgan fingerprint density at radius 1 is 1.35 bits per heavy atom. The maximum absolute atomic E-state index is 10.8. The first-order valence-corrected chi connectivity index (χ1v) is 5.58. The molecule has 0 bridgehead atoms. The van der Waals surface area contributed by atoms with E-state index in [9.17, 15) is 4.79 Å². The minimum atomic E-state index is -0.706. The van der Waals surface area contributed by atoms with Gasteiger partial charge < -0.3 is 5.11 Å². The van der Waals surface area contributed by atoms with Crippen LogP contribution in [0.1, 0.15) is 17.9 Å². The van der Waals surface area contributed by atoms with Gasteiger partial charge in [-0.2, -0.15) is 5.10 Å². The molecule has 2 atom stereocenters. The lowest BCUT2D eigenvalue weighted by Crippen LogP contribution is -1.98. The Kier molecular flexibility index (Phi) is 2.21. The van der Waals surface area contributed by atoms with Gasteiger partial charge in [0.25, 0.3) is 0 Å². The SMILES string of the molecule is O=C(O)[C@@H]1C[C@@H]1c1cnn(-c2ccccc2)c1. The van der Waals surface area contributed by atoms with Gasteiger partial charge in [0.05, 0.1) is 17.8 Å². The summed E-state index contributed by atoms with van der Waals surface area (Å²) < 4.78 is 1.78. The Labute approximate surface area is 98.5 Å². The lowest BCUT2D eigenvalue weighted by molar-refractivity contribution is -0.138. The van der Waals surface area contributed by atoms with Gasteiger partial charge in [-0.25, -0.2) is 4.68 Å². The Morgan fingerprint density at radius 2 is 2.12 bits per heavy atom. The zero-order chi connectivity index (χ0) is 11.8. The average Bonchev–Trinajstić information content (AvgIpc) is 3.01. The van der Waals surface area contributed by atoms with Crippen molar-refractivity contribution in [2.75, 3.05) is 0 Å². The lowest BCUT2D eigenvalue weighted by atomic mass is 10.2. The summed E-state index contributed by atoms with van der Waals surface area (Å²) in [6.07, 6.45) is 4.42. The summed E-state index contributed by atoms with van der Waals surface area (Å²) in [5.41, 5.74) is 2.01. The summed E-state index contributed by atoms with van der Waals surface area (Å²) in [5, 5.41) is 13.1. The number of aromatic nitrogens is 2. The van der Waals surface area contributed by atoms with Crippen molar-refractivity contribution in [3.63, 3.8) is 0 Å². The van der Waals surface area contributed by atoms with E-state index in [1.807, 2.05) is 36.5 Å². The van der Waals surface area contributed by atoms with Crippen molar-refractivity contribution in [2.24, 2.45) is 5.92 Å². The fraction of sp³-hybridized carbons (Fsp3) is 0.231. The van der Waals surface area contributed by atoms with Crippen molar-refractivity contribution in [1.29, 1.82) is 0 Å². The zero-order valence-electron chi connectivity index (χ0n) is 9.15. The number of rotatable bonds is 3. The van der Waals surface area contributed by atoms with Crippen LogP contribution in [0.4, 0.5) is 0 Å². The molecule has 0 unspecified atom stereocenters. The summed E-state index contributed by atoms with van der Waals surface area (Å²) in [6, 6.07) is 9.80. The number of aliphatic carboxylic acids is 1. The maximum Gasteiger partial charge on any atom is 0.307 e. The summed E-state index contributed by atoms with van der Waals surface area (Å²) in [7, 11) is 0. The average molecular weight is 228 g/mol. The van der Waals surface area contributed by atoms with Crippen LogP contribution in [0.3, 0.4) is 0 Å². The van der Waals surface area contributed by atoms with E-state index in [2.05, 4.69) is 5.10 Å². The molecule has 0 spiro atoms. The van der Waals surface area contributed by atoms with E-state index in [-0.39, 0.29) is 11.8 Å². The van der Waals surface area contributed by atoms with Gasteiger partial charge in [0.2, 0.25) is 0 Å². The number of carboxylic acid groups (broad SMARTS) is 1. The molecule has 1 N–H and O–H groups in total. The molecule has 86 valence electrons. The maximum atomic E-state index is 10.8. The number of carboxylic acids is 1. The quantitative estimate of drug-likeness (QED) is 0.874. The van der Waals surface area contributed by atoms with Crippen molar-refractivity contribution in [1.82, 2.24) is 9.78 Å². The molecule has 1 aliphatic carbocycles. The molecule has 1 aliphatic rings. The molecular formula is C13H12N2O2. The van der Waals surface area contributed by atoms with Gasteiger partial charge in [-0.05, 0) is 24.1 Å². The molecule has 1 heterocycles. The first-order valence-electron chi connectivity index (χ1n) is 5.58. The smallest absolute Gasteiger partial charge is 0.307 e. The van der Waals surface area contributed by atoms with E-state index in [0.29, 0.717) is 0 Å². The van der Waals surface area contributed by atoms with E-state index in [4.69, 9.17) is 5.11 Å². The Bertz CT molecular complexity index is 548. The predicted molar refractivity (Wildman–Crippen MR) is 62.0 cm³/mol. The van der Waals surface area contributed by atoms with Gasteiger partial charge >= 0.3 is 5.97 Å². The molecule has 0 aliphatic heterocycles. The van der Waals surface area contributed by atoms with Gasteiger partial charge in [-0.3, -0.25) is 4.79 Å². The standard InChI is InChI=1S/C13H12N2O2/c16-13(17)12-6-11(12)9-7-14-15(8-9)10-4-2-1-3-5-10/h1-5,7-8,11-12H,6H2,(H,16,17)/t11-,12-/m1/s1. The molecule has 1 fully saturated rings. The molecule has 3 rings (SSSR count). The number of para-hydroxylation sites is 1. The summed E-state index contributed by atoms with van der Waals surface area (Å²) >= 11 is 0. The fourth-order valence-corrected chi connectivity index (χ4v) is 2.09. The summed E-state index contributed by atoms with van der Waals surface area (Å²) in [5.74, 6) is -0.782. The molecule has 1 aromatic carbocycles. The van der Waals surface area contributed by atoms with E-state index < -0.39 is 5.97 Å². The Morgan fingerprint density at radius 3 is 2.76 bits per heavy atom. The second kappa shape index (κ2) is 3.73. The number of hydrogen-bond acceptors (Lipinski definition) is 2.